The minimum absolute atomic E-state index is 0. The van der Waals surface area contributed by atoms with Crippen molar-refractivity contribution in [1.29, 1.82) is 0 Å². The predicted octanol–water partition coefficient (Wildman–Crippen LogP) is -7.61. The second-order valence-corrected chi connectivity index (χ2v) is 4.28. The molecule has 0 amide bonds. The van der Waals surface area contributed by atoms with E-state index in [9.17, 15) is 24.6 Å². The van der Waals surface area contributed by atoms with Crippen LogP contribution in [0.25, 0.3) is 0 Å². The molecule has 0 bridgehead atoms. The van der Waals surface area contributed by atoms with Crippen molar-refractivity contribution in [3.8, 4) is 0 Å². The van der Waals surface area contributed by atoms with Gasteiger partial charge in [-0.15, -0.1) is 0 Å². The van der Waals surface area contributed by atoms with Gasteiger partial charge in [0.25, 0.3) is 0 Å². The van der Waals surface area contributed by atoms with Gasteiger partial charge in [-0.3, -0.25) is 24.6 Å². The van der Waals surface area contributed by atoms with E-state index in [0.29, 0.717) is 0 Å². The van der Waals surface area contributed by atoms with Crippen molar-refractivity contribution in [2.75, 3.05) is 0 Å². The summed E-state index contributed by atoms with van der Waals surface area (Å²) in [7, 11) is -23.3. The molecule has 25 heavy (non-hydrogen) atoms. The van der Waals surface area contributed by atoms with Crippen LogP contribution in [0.5, 0.6) is 0 Å². The Morgan fingerprint density at radius 3 is 0.360 bits per heavy atom. The van der Waals surface area contributed by atoms with E-state index in [1.807, 2.05) is 0 Å². The Morgan fingerprint density at radius 1 is 0.360 bits per heavy atom. The van der Waals surface area contributed by atoms with Crippen LogP contribution in [-0.4, -0.2) is 55.6 Å². The first kappa shape index (κ1) is 43.9. The molecule has 0 spiro atoms. The van der Waals surface area contributed by atoms with Gasteiger partial charge >= 0.3 is 72.6 Å². The molecule has 0 aliphatic carbocycles. The summed E-state index contributed by atoms with van der Waals surface area (Å²) in [5, 5.41) is 0. The molecule has 12 nitrogen and oxygen atoms in total. The summed E-state index contributed by atoms with van der Waals surface area (Å²) in [6.07, 6.45) is 0. The third kappa shape index (κ3) is 10200. The maximum absolute atomic E-state index is 9.99. The zero-order valence-electron chi connectivity index (χ0n) is 10.5. The fraction of sp³-hybridized carbons (Fsp3) is 0. The first-order valence-electron chi connectivity index (χ1n) is 3.58. The molecule has 25 heteroatoms. The smallest absolute Gasteiger partial charge is 0.560 e. The molecule has 0 saturated carbocycles. The number of hydrogen-bond acceptors (Lipinski definition) is 12. The Hall–Kier alpha value is -0.999. The van der Waals surface area contributed by atoms with Crippen molar-refractivity contribution in [3.63, 3.8) is 0 Å². The summed E-state index contributed by atoms with van der Waals surface area (Å²) in [4.78, 5) is 50.4. The largest absolute Gasteiger partial charge is 6.00 e. The first-order chi connectivity index (χ1) is 10.4. The average Bonchev–Trinajstić information content (AvgIpc) is 2.08. The third-order valence-electron chi connectivity index (χ3n) is 0. The van der Waals surface area contributed by atoms with Gasteiger partial charge in [-0.2, -0.15) is 0 Å². The fourth-order valence-electron chi connectivity index (χ4n) is 0. The first-order valence-corrected chi connectivity index (χ1v) is 10.8. The quantitative estimate of drug-likeness (QED) is 0.161. The van der Waals surface area contributed by atoms with Gasteiger partial charge in [0.2, 0.25) is 0 Å². The molecule has 0 atom stereocenters. The SMILES string of the molecule is O=[Si]([O-])F.O=[Si]([O-])F.O=[Si]([O-])F.O=[Si]([O-])F.O=[Si]([O-])F.O=[Si]([O-])F.[Fe+6]. The summed E-state index contributed by atoms with van der Waals surface area (Å²) in [5.74, 6) is 0. The topological polar surface area (TPSA) is 241 Å². The van der Waals surface area contributed by atoms with E-state index in [1.54, 1.807) is 0 Å². The van der Waals surface area contributed by atoms with Crippen LogP contribution in [0.3, 0.4) is 0 Å². The van der Waals surface area contributed by atoms with Crippen LogP contribution in [-0.2, 0) is 43.8 Å². The van der Waals surface area contributed by atoms with Crippen LogP contribution in [0.2, 0.25) is 0 Å². The molecule has 0 aliphatic heterocycles. The maximum atomic E-state index is 9.99. The van der Waals surface area contributed by atoms with Gasteiger partial charge in [0.05, 0.1) is 0 Å². The molecule has 0 saturated heterocycles. The Labute approximate surface area is 153 Å². The molecule has 0 aromatic heterocycles. The van der Waals surface area contributed by atoms with E-state index in [0.717, 1.165) is 0 Å². The average molecular weight is 530 g/mol. The Bertz CT molecular complexity index is 273. The van der Waals surface area contributed by atoms with E-state index < -0.39 is 55.6 Å². The van der Waals surface area contributed by atoms with E-state index in [1.165, 1.54) is 0 Å². The zero-order chi connectivity index (χ0) is 21.5. The van der Waals surface area contributed by atoms with Crippen LogP contribution in [0, 0.1) is 0 Å². The Kier molecular flexibility index (Phi) is 67.7. The summed E-state index contributed by atoms with van der Waals surface area (Å²) in [6, 6.07) is 0. The standard InChI is InChI=1S/6FO2Si.Fe/c6*1-4(2)3;/q6*-1;+6. The van der Waals surface area contributed by atoms with Crippen molar-refractivity contribution in [2.45, 2.75) is 0 Å². The second-order valence-electron chi connectivity index (χ2n) is 1.43. The molecular weight excluding hydrogens is 530 g/mol. The molecule has 0 aliphatic rings. The Balaban J connectivity index is -0.0000000309. The molecule has 0 N–H and O–H groups in total. The normalized spacial score (nSPS) is 6.00. The van der Waals surface area contributed by atoms with Crippen molar-refractivity contribution in [1.82, 2.24) is 0 Å². The van der Waals surface area contributed by atoms with Crippen LogP contribution < -0.4 is 28.8 Å². The predicted molar refractivity (Wildman–Crippen MR) is 45.3 cm³/mol. The molecule has 0 unspecified atom stereocenters. The van der Waals surface area contributed by atoms with Crippen LogP contribution in [0.15, 0.2) is 0 Å². The minimum atomic E-state index is -3.88. The summed E-state index contributed by atoms with van der Waals surface area (Å²) in [6.45, 7) is 0. The summed E-state index contributed by atoms with van der Waals surface area (Å²) in [5.41, 5.74) is 0. The van der Waals surface area contributed by atoms with Gasteiger partial charge < -0.3 is 55.5 Å². The van der Waals surface area contributed by atoms with Crippen LogP contribution in [0.4, 0.5) is 24.6 Å². The summed E-state index contributed by atoms with van der Waals surface area (Å²) >= 11 is 0. The van der Waals surface area contributed by atoms with E-state index in [4.69, 9.17) is 55.5 Å². The zero-order valence-corrected chi connectivity index (χ0v) is 17.6. The van der Waals surface area contributed by atoms with Gasteiger partial charge in [-0.25, -0.2) is 0 Å². The molecule has 0 fully saturated rings. The minimum Gasteiger partial charge on any atom is -0.560 e. The van der Waals surface area contributed by atoms with Gasteiger partial charge in [0.15, 0.2) is 0 Å². The molecular formula is F6FeO12Si6. The molecule has 146 valence electrons. The van der Waals surface area contributed by atoms with Crippen molar-refractivity contribution < 1.29 is 97.3 Å². The maximum Gasteiger partial charge on any atom is 6.00 e. The monoisotopic (exact) mass is 530 g/mol. The van der Waals surface area contributed by atoms with Crippen LogP contribution >= 0.6 is 0 Å². The summed E-state index contributed by atoms with van der Waals surface area (Å²) < 4.78 is 110. The molecule has 0 rings (SSSR count). The van der Waals surface area contributed by atoms with Gasteiger partial charge in [-0.1, -0.05) is 0 Å². The number of halogens is 6. The number of rotatable bonds is 0. The number of hydrogen-bond donors (Lipinski definition) is 0. The molecule has 0 aromatic rings. The van der Waals surface area contributed by atoms with Gasteiger partial charge in [-0.05, 0) is 0 Å². The van der Waals surface area contributed by atoms with Crippen LogP contribution in [0.1, 0.15) is 0 Å². The Morgan fingerprint density at radius 2 is 0.360 bits per heavy atom. The molecule has 0 aromatic carbocycles. The van der Waals surface area contributed by atoms with Gasteiger partial charge in [0, 0.05) is 0 Å². The van der Waals surface area contributed by atoms with Crippen molar-refractivity contribution in [2.24, 2.45) is 0 Å². The van der Waals surface area contributed by atoms with E-state index in [2.05, 4.69) is 0 Å². The van der Waals surface area contributed by atoms with Crippen molar-refractivity contribution in [3.05, 3.63) is 0 Å². The van der Waals surface area contributed by atoms with E-state index >= 15 is 0 Å². The molecule has 0 radical (unpaired) electrons. The third-order valence-corrected chi connectivity index (χ3v) is 0. The van der Waals surface area contributed by atoms with E-state index in [-0.39, 0.29) is 17.1 Å². The second kappa shape index (κ2) is 38.5. The van der Waals surface area contributed by atoms with Crippen molar-refractivity contribution >= 4 is 55.6 Å². The molecule has 0 heterocycles. The fourth-order valence-corrected chi connectivity index (χ4v) is 0. The van der Waals surface area contributed by atoms with Gasteiger partial charge in [0.1, 0.15) is 0 Å².